The maximum absolute atomic E-state index is 9.49. The minimum absolute atomic E-state index is 0.235. The second kappa shape index (κ2) is 6.46. The van der Waals surface area contributed by atoms with Gasteiger partial charge in [0.1, 0.15) is 6.33 Å². The summed E-state index contributed by atoms with van der Waals surface area (Å²) >= 11 is 0. The second-order valence-corrected chi connectivity index (χ2v) is 4.58. The molecule has 0 aliphatic rings. The number of nitrogens with zero attached hydrogens (tertiary/aromatic N) is 5. The molecule has 0 amide bonds. The van der Waals surface area contributed by atoms with Crippen LogP contribution in [0.1, 0.15) is 13.3 Å². The van der Waals surface area contributed by atoms with Gasteiger partial charge < -0.3 is 20.8 Å². The van der Waals surface area contributed by atoms with E-state index in [0.29, 0.717) is 18.3 Å². The standard InChI is InChI=1S/C12H19N7O2/c1-3-12(6-20,7-21)18-10-15-9(13-2)16-11(17-10)19-5-4-14-8-19/h4-5,8,20-21H,3,6-7H2,1-2H3,(H2,13,15,16,17,18). The molecule has 0 fully saturated rings. The first kappa shape index (κ1) is 15.1. The van der Waals surface area contributed by atoms with E-state index in [2.05, 4.69) is 30.6 Å². The highest BCUT2D eigenvalue weighted by molar-refractivity contribution is 5.39. The molecule has 9 heteroatoms. The number of nitrogens with one attached hydrogen (secondary N) is 2. The van der Waals surface area contributed by atoms with Gasteiger partial charge in [0.05, 0.1) is 18.8 Å². The molecule has 0 bridgehead atoms. The van der Waals surface area contributed by atoms with Gasteiger partial charge in [-0.05, 0) is 6.42 Å². The quantitative estimate of drug-likeness (QED) is 0.546. The third-order valence-electron chi connectivity index (χ3n) is 3.24. The van der Waals surface area contributed by atoms with Gasteiger partial charge in [0, 0.05) is 19.4 Å². The number of anilines is 2. The highest BCUT2D eigenvalue weighted by Crippen LogP contribution is 2.17. The number of imidazole rings is 1. The molecule has 2 heterocycles. The first-order valence-corrected chi connectivity index (χ1v) is 6.58. The van der Waals surface area contributed by atoms with Crippen molar-refractivity contribution in [3.63, 3.8) is 0 Å². The van der Waals surface area contributed by atoms with Crippen LogP contribution in [0, 0.1) is 0 Å². The van der Waals surface area contributed by atoms with Crippen molar-refractivity contribution in [2.75, 3.05) is 30.9 Å². The molecule has 0 aliphatic heterocycles. The summed E-state index contributed by atoms with van der Waals surface area (Å²) in [6, 6.07) is 0. The molecule has 4 N–H and O–H groups in total. The monoisotopic (exact) mass is 293 g/mol. The van der Waals surface area contributed by atoms with Crippen LogP contribution in [0.4, 0.5) is 11.9 Å². The van der Waals surface area contributed by atoms with E-state index in [9.17, 15) is 10.2 Å². The lowest BCUT2D eigenvalue weighted by Gasteiger charge is -2.29. The third kappa shape index (κ3) is 3.26. The van der Waals surface area contributed by atoms with Gasteiger partial charge in [0.25, 0.3) is 0 Å². The number of aliphatic hydroxyl groups is 2. The van der Waals surface area contributed by atoms with Crippen LogP contribution in [0.25, 0.3) is 5.95 Å². The summed E-state index contributed by atoms with van der Waals surface area (Å²) in [5.74, 6) is 1.02. The van der Waals surface area contributed by atoms with Crippen molar-refractivity contribution < 1.29 is 10.2 Å². The Labute approximate surface area is 122 Å². The molecule has 0 spiro atoms. The first-order chi connectivity index (χ1) is 10.2. The summed E-state index contributed by atoms with van der Waals surface area (Å²) in [5, 5.41) is 24.8. The first-order valence-electron chi connectivity index (χ1n) is 6.58. The van der Waals surface area contributed by atoms with Gasteiger partial charge in [-0.2, -0.15) is 15.0 Å². The highest BCUT2D eigenvalue weighted by Gasteiger charge is 2.27. The molecule has 2 rings (SSSR count). The van der Waals surface area contributed by atoms with E-state index in [4.69, 9.17) is 0 Å². The normalized spacial score (nSPS) is 11.4. The van der Waals surface area contributed by atoms with Crippen LogP contribution < -0.4 is 10.6 Å². The maximum atomic E-state index is 9.49. The molecule has 0 saturated heterocycles. The molecule has 0 saturated carbocycles. The molecule has 114 valence electrons. The van der Waals surface area contributed by atoms with Crippen LogP contribution in [-0.2, 0) is 0 Å². The Bertz CT molecular complexity index is 561. The fourth-order valence-electron chi connectivity index (χ4n) is 1.70. The molecular weight excluding hydrogens is 274 g/mol. The number of hydrogen-bond acceptors (Lipinski definition) is 8. The molecule has 0 aromatic carbocycles. The van der Waals surface area contributed by atoms with Crippen molar-refractivity contribution in [2.24, 2.45) is 0 Å². The van der Waals surface area contributed by atoms with Crippen LogP contribution in [0.2, 0.25) is 0 Å². The topological polar surface area (TPSA) is 121 Å². The van der Waals surface area contributed by atoms with Gasteiger partial charge in [0.15, 0.2) is 0 Å². The number of rotatable bonds is 7. The van der Waals surface area contributed by atoms with Crippen LogP contribution in [-0.4, -0.2) is 60.5 Å². The second-order valence-electron chi connectivity index (χ2n) is 4.58. The lowest BCUT2D eigenvalue weighted by molar-refractivity contribution is 0.132. The maximum Gasteiger partial charge on any atom is 0.241 e. The van der Waals surface area contributed by atoms with Crippen LogP contribution in [0.15, 0.2) is 18.7 Å². The molecule has 0 radical (unpaired) electrons. The predicted octanol–water partition coefficient (Wildman–Crippen LogP) is -0.356. The minimum atomic E-state index is -0.876. The summed E-state index contributed by atoms with van der Waals surface area (Å²) in [6.07, 6.45) is 5.42. The summed E-state index contributed by atoms with van der Waals surface area (Å²) in [4.78, 5) is 16.6. The molecule has 2 aromatic heterocycles. The Morgan fingerprint density at radius 1 is 1.19 bits per heavy atom. The van der Waals surface area contributed by atoms with E-state index in [0.717, 1.165) is 0 Å². The van der Waals surface area contributed by atoms with Crippen molar-refractivity contribution in [2.45, 2.75) is 18.9 Å². The van der Waals surface area contributed by atoms with Crippen LogP contribution in [0.5, 0.6) is 0 Å². The Hall–Kier alpha value is -2.26. The van der Waals surface area contributed by atoms with Crippen molar-refractivity contribution in [3.8, 4) is 5.95 Å². The van der Waals surface area contributed by atoms with Crippen molar-refractivity contribution in [3.05, 3.63) is 18.7 Å². The average molecular weight is 293 g/mol. The zero-order chi connectivity index (χ0) is 15.3. The molecule has 0 unspecified atom stereocenters. The summed E-state index contributed by atoms with van der Waals surface area (Å²) in [6.45, 7) is 1.39. The smallest absolute Gasteiger partial charge is 0.241 e. The van der Waals surface area contributed by atoms with Gasteiger partial charge in [0.2, 0.25) is 17.8 Å². The van der Waals surface area contributed by atoms with Crippen molar-refractivity contribution >= 4 is 11.9 Å². The Balaban J connectivity index is 2.37. The summed E-state index contributed by atoms with van der Waals surface area (Å²) in [5.41, 5.74) is -0.876. The summed E-state index contributed by atoms with van der Waals surface area (Å²) < 4.78 is 1.64. The van der Waals surface area contributed by atoms with Crippen molar-refractivity contribution in [1.82, 2.24) is 24.5 Å². The number of aliphatic hydroxyl groups excluding tert-OH is 2. The molecule has 0 atom stereocenters. The third-order valence-corrected chi connectivity index (χ3v) is 3.24. The average Bonchev–Trinajstić information content (AvgIpc) is 3.07. The largest absolute Gasteiger partial charge is 0.394 e. The van der Waals surface area contributed by atoms with Crippen LogP contribution in [0.3, 0.4) is 0 Å². The highest BCUT2D eigenvalue weighted by atomic mass is 16.3. The van der Waals surface area contributed by atoms with Gasteiger partial charge in [-0.15, -0.1) is 0 Å². The van der Waals surface area contributed by atoms with E-state index in [1.54, 1.807) is 30.3 Å². The minimum Gasteiger partial charge on any atom is -0.394 e. The Morgan fingerprint density at radius 3 is 2.43 bits per heavy atom. The van der Waals surface area contributed by atoms with Crippen LogP contribution >= 0.6 is 0 Å². The van der Waals surface area contributed by atoms with Gasteiger partial charge >= 0.3 is 0 Å². The lowest BCUT2D eigenvalue weighted by Crippen LogP contribution is -2.45. The Kier molecular flexibility index (Phi) is 4.66. The lowest BCUT2D eigenvalue weighted by atomic mass is 9.99. The number of aromatic nitrogens is 5. The summed E-state index contributed by atoms with van der Waals surface area (Å²) in [7, 11) is 1.70. The molecule has 21 heavy (non-hydrogen) atoms. The SMILES string of the molecule is CCC(CO)(CO)Nc1nc(NC)nc(-n2ccnc2)n1. The number of hydrogen-bond donors (Lipinski definition) is 4. The molecule has 0 aliphatic carbocycles. The fourth-order valence-corrected chi connectivity index (χ4v) is 1.70. The van der Waals surface area contributed by atoms with E-state index >= 15 is 0 Å². The molecule has 2 aromatic rings. The zero-order valence-electron chi connectivity index (χ0n) is 12.0. The van der Waals surface area contributed by atoms with E-state index < -0.39 is 5.54 Å². The van der Waals surface area contributed by atoms with Gasteiger partial charge in [-0.3, -0.25) is 4.57 Å². The van der Waals surface area contributed by atoms with E-state index in [1.807, 2.05) is 6.92 Å². The predicted molar refractivity (Wildman–Crippen MR) is 77.3 cm³/mol. The molecule has 9 nitrogen and oxygen atoms in total. The van der Waals surface area contributed by atoms with Gasteiger partial charge in [-0.1, -0.05) is 6.92 Å². The molecular formula is C12H19N7O2. The van der Waals surface area contributed by atoms with E-state index in [-0.39, 0.29) is 19.2 Å². The van der Waals surface area contributed by atoms with E-state index in [1.165, 1.54) is 0 Å². The zero-order valence-corrected chi connectivity index (χ0v) is 12.0. The fraction of sp³-hybridized carbons (Fsp3) is 0.500. The Morgan fingerprint density at radius 2 is 1.90 bits per heavy atom. The van der Waals surface area contributed by atoms with Crippen molar-refractivity contribution in [1.29, 1.82) is 0 Å². The van der Waals surface area contributed by atoms with Gasteiger partial charge in [-0.25, -0.2) is 4.98 Å².